The van der Waals surface area contributed by atoms with Crippen LogP contribution in [0.1, 0.15) is 24.5 Å². The molecule has 2 heterocycles. The molecule has 2 fully saturated rings. The summed E-state index contributed by atoms with van der Waals surface area (Å²) in [4.78, 5) is 0. The van der Waals surface area contributed by atoms with Crippen LogP contribution in [0.3, 0.4) is 0 Å². The van der Waals surface area contributed by atoms with E-state index < -0.39 is 0 Å². The normalized spacial score (nSPS) is 30.8. The van der Waals surface area contributed by atoms with Crippen molar-refractivity contribution >= 4 is 0 Å². The molecule has 4 atom stereocenters. The van der Waals surface area contributed by atoms with Crippen molar-refractivity contribution in [2.45, 2.75) is 37.3 Å². The van der Waals surface area contributed by atoms with E-state index in [1.807, 2.05) is 30.3 Å². The second kappa shape index (κ2) is 5.70. The van der Waals surface area contributed by atoms with Gasteiger partial charge < -0.3 is 14.2 Å². The fraction of sp³-hybridized carbons (Fsp3) is 0.533. The molecule has 0 aliphatic carbocycles. The zero-order chi connectivity index (χ0) is 13.1. The smallest absolute Gasteiger partial charge is 0.112 e. The lowest BCUT2D eigenvalue weighted by Crippen LogP contribution is -2.31. The van der Waals surface area contributed by atoms with Gasteiger partial charge in [0, 0.05) is 6.61 Å². The molecule has 0 aromatic heterocycles. The third-order valence-corrected chi connectivity index (χ3v) is 3.71. The van der Waals surface area contributed by atoms with Crippen LogP contribution < -0.4 is 0 Å². The van der Waals surface area contributed by atoms with Gasteiger partial charge in [0.2, 0.25) is 0 Å². The largest absolute Gasteiger partial charge is 0.373 e. The molecule has 2 aliphatic heterocycles. The number of rotatable bonds is 4. The Hall–Kier alpha value is -1.41. The Labute approximate surface area is 112 Å². The third kappa shape index (κ3) is 2.64. The topological polar surface area (TPSA) is 51.5 Å². The number of ether oxygens (including phenoxy) is 3. The molecule has 0 spiro atoms. The first-order valence-electron chi connectivity index (χ1n) is 6.69. The van der Waals surface area contributed by atoms with E-state index in [0.717, 1.165) is 18.6 Å². The summed E-state index contributed by atoms with van der Waals surface area (Å²) in [6.07, 6.45) is 1.22. The van der Waals surface area contributed by atoms with Crippen molar-refractivity contribution in [1.29, 1.82) is 5.26 Å². The van der Waals surface area contributed by atoms with Crippen molar-refractivity contribution in [2.75, 3.05) is 13.2 Å². The van der Waals surface area contributed by atoms with Crippen molar-refractivity contribution < 1.29 is 14.2 Å². The van der Waals surface area contributed by atoms with Gasteiger partial charge in [0.15, 0.2) is 0 Å². The van der Waals surface area contributed by atoms with Crippen LogP contribution in [0.25, 0.3) is 0 Å². The Balaban J connectivity index is 1.70. The van der Waals surface area contributed by atoms with E-state index in [9.17, 15) is 0 Å². The van der Waals surface area contributed by atoms with Gasteiger partial charge in [0.05, 0.1) is 31.3 Å². The zero-order valence-electron chi connectivity index (χ0n) is 10.7. The lowest BCUT2D eigenvalue weighted by atomic mass is 10.1. The number of hydrogen-bond donors (Lipinski definition) is 0. The first-order valence-corrected chi connectivity index (χ1v) is 6.69. The van der Waals surface area contributed by atoms with Crippen LogP contribution in [0.5, 0.6) is 0 Å². The zero-order valence-corrected chi connectivity index (χ0v) is 10.7. The van der Waals surface area contributed by atoms with Gasteiger partial charge in [-0.25, -0.2) is 0 Å². The van der Waals surface area contributed by atoms with E-state index in [1.54, 1.807) is 0 Å². The average Bonchev–Trinajstić information content (AvgIpc) is 3.04. The highest BCUT2D eigenvalue weighted by molar-refractivity contribution is 5.18. The minimum Gasteiger partial charge on any atom is -0.373 e. The highest BCUT2D eigenvalue weighted by Gasteiger charge is 2.43. The van der Waals surface area contributed by atoms with Crippen LogP contribution in [0.15, 0.2) is 30.3 Å². The number of hydrogen-bond acceptors (Lipinski definition) is 4. The van der Waals surface area contributed by atoms with Crippen LogP contribution >= 0.6 is 0 Å². The summed E-state index contributed by atoms with van der Waals surface area (Å²) in [6.45, 7) is 1.30. The van der Waals surface area contributed by atoms with Crippen molar-refractivity contribution in [3.63, 3.8) is 0 Å². The Bertz CT molecular complexity index is 456. The highest BCUT2D eigenvalue weighted by atomic mass is 16.6. The van der Waals surface area contributed by atoms with Gasteiger partial charge in [-0.15, -0.1) is 0 Å². The summed E-state index contributed by atoms with van der Waals surface area (Å²) in [7, 11) is 0. The molecule has 0 saturated carbocycles. The molecule has 0 bridgehead atoms. The SMILES string of the molecule is N#CCC(OC1COC2CCOC21)c1ccccc1. The Morgan fingerprint density at radius 2 is 2.16 bits per heavy atom. The second-order valence-electron chi connectivity index (χ2n) is 4.93. The van der Waals surface area contributed by atoms with E-state index in [0.29, 0.717) is 13.0 Å². The quantitative estimate of drug-likeness (QED) is 0.832. The van der Waals surface area contributed by atoms with Gasteiger partial charge in [-0.2, -0.15) is 5.26 Å². The van der Waals surface area contributed by atoms with Crippen molar-refractivity contribution in [1.82, 2.24) is 0 Å². The standard InChI is InChI=1S/C15H17NO3/c16-8-6-12(11-4-2-1-3-5-11)19-14-10-18-13-7-9-17-15(13)14/h1-5,12-15H,6-7,9-10H2. The van der Waals surface area contributed by atoms with E-state index in [4.69, 9.17) is 19.5 Å². The summed E-state index contributed by atoms with van der Waals surface area (Å²) < 4.78 is 17.4. The number of fused-ring (bicyclic) bond motifs is 1. The van der Waals surface area contributed by atoms with Gasteiger partial charge in [0.25, 0.3) is 0 Å². The molecule has 100 valence electrons. The highest BCUT2D eigenvalue weighted by Crippen LogP contribution is 2.32. The Morgan fingerprint density at radius 3 is 2.95 bits per heavy atom. The maximum absolute atomic E-state index is 8.97. The molecule has 4 unspecified atom stereocenters. The van der Waals surface area contributed by atoms with Crippen LogP contribution in [0.2, 0.25) is 0 Å². The van der Waals surface area contributed by atoms with Crippen LogP contribution in [0, 0.1) is 11.3 Å². The van der Waals surface area contributed by atoms with Crippen LogP contribution in [-0.4, -0.2) is 31.5 Å². The molecule has 0 radical (unpaired) electrons. The van der Waals surface area contributed by atoms with Crippen molar-refractivity contribution in [3.05, 3.63) is 35.9 Å². The molecule has 2 aliphatic rings. The minimum absolute atomic E-state index is 0.0323. The number of nitriles is 1. The first-order chi connectivity index (χ1) is 9.38. The Kier molecular flexibility index (Phi) is 3.79. The summed E-state index contributed by atoms with van der Waals surface area (Å²) in [5.41, 5.74) is 1.03. The molecular weight excluding hydrogens is 242 g/mol. The lowest BCUT2D eigenvalue weighted by Gasteiger charge is -2.23. The lowest BCUT2D eigenvalue weighted by molar-refractivity contribution is -0.0690. The molecule has 1 aromatic rings. The molecule has 1 aromatic carbocycles. The third-order valence-electron chi connectivity index (χ3n) is 3.71. The van der Waals surface area contributed by atoms with Gasteiger partial charge >= 0.3 is 0 Å². The molecular formula is C15H17NO3. The summed E-state index contributed by atoms with van der Waals surface area (Å²) in [6, 6.07) is 12.1. The molecule has 19 heavy (non-hydrogen) atoms. The summed E-state index contributed by atoms with van der Waals surface area (Å²) in [5, 5.41) is 8.97. The number of benzene rings is 1. The van der Waals surface area contributed by atoms with E-state index in [2.05, 4.69) is 6.07 Å². The predicted octanol–water partition coefficient (Wildman–Crippen LogP) is 2.21. The minimum atomic E-state index is -0.206. The van der Waals surface area contributed by atoms with Crippen LogP contribution in [-0.2, 0) is 14.2 Å². The molecule has 0 amide bonds. The molecule has 0 N–H and O–H groups in total. The second-order valence-corrected chi connectivity index (χ2v) is 4.93. The van der Waals surface area contributed by atoms with Crippen molar-refractivity contribution in [2.24, 2.45) is 0 Å². The molecule has 2 saturated heterocycles. The first kappa shape index (κ1) is 12.6. The van der Waals surface area contributed by atoms with E-state index >= 15 is 0 Å². The molecule has 3 rings (SSSR count). The van der Waals surface area contributed by atoms with Crippen molar-refractivity contribution in [3.8, 4) is 6.07 Å². The fourth-order valence-electron chi connectivity index (χ4n) is 2.75. The average molecular weight is 259 g/mol. The maximum Gasteiger partial charge on any atom is 0.112 e. The summed E-state index contributed by atoms with van der Waals surface area (Å²) >= 11 is 0. The van der Waals surface area contributed by atoms with Gasteiger partial charge in [-0.05, 0) is 12.0 Å². The molecule has 4 heteroatoms. The van der Waals surface area contributed by atoms with Crippen LogP contribution in [0.4, 0.5) is 0 Å². The number of nitrogens with zero attached hydrogens (tertiary/aromatic N) is 1. The van der Waals surface area contributed by atoms with Gasteiger partial charge in [-0.3, -0.25) is 0 Å². The summed E-state index contributed by atoms with van der Waals surface area (Å²) in [5.74, 6) is 0. The molecule has 4 nitrogen and oxygen atoms in total. The van der Waals surface area contributed by atoms with Gasteiger partial charge in [0.1, 0.15) is 12.2 Å². The van der Waals surface area contributed by atoms with Gasteiger partial charge in [-0.1, -0.05) is 30.3 Å². The fourth-order valence-corrected chi connectivity index (χ4v) is 2.75. The van der Waals surface area contributed by atoms with E-state index in [1.165, 1.54) is 0 Å². The maximum atomic E-state index is 8.97. The van der Waals surface area contributed by atoms with E-state index in [-0.39, 0.29) is 24.4 Å². The monoisotopic (exact) mass is 259 g/mol. The predicted molar refractivity (Wildman–Crippen MR) is 68.4 cm³/mol. The Morgan fingerprint density at radius 1 is 1.32 bits per heavy atom.